The summed E-state index contributed by atoms with van der Waals surface area (Å²) in [6, 6.07) is 17.8. The zero-order valence-corrected chi connectivity index (χ0v) is 19.6. The molecular weight excluding hydrogens is 482 g/mol. The molecule has 1 N–H and O–H groups in total. The van der Waals surface area contributed by atoms with Crippen molar-refractivity contribution in [1.82, 2.24) is 0 Å². The third kappa shape index (κ3) is 4.83. The Morgan fingerprint density at radius 1 is 0.720 bits per heavy atom. The van der Waals surface area contributed by atoms with E-state index >= 15 is 0 Å². The van der Waals surface area contributed by atoms with E-state index in [4.69, 9.17) is 4.74 Å². The van der Waals surface area contributed by atoms with Gasteiger partial charge in [-0.25, -0.2) is 0 Å². The minimum Gasteiger partial charge on any atom is -1.00 e. The molecule has 0 atom stereocenters. The Labute approximate surface area is 173 Å². The van der Waals surface area contributed by atoms with Crippen LogP contribution in [0, 0.1) is 0 Å². The summed E-state index contributed by atoms with van der Waals surface area (Å²) in [4.78, 5) is 0. The monoisotopic (exact) mass is 513 g/mol. The van der Waals surface area contributed by atoms with Crippen LogP contribution in [-0.4, -0.2) is 18.3 Å². The summed E-state index contributed by atoms with van der Waals surface area (Å²) >= 11 is -2.06. The van der Waals surface area contributed by atoms with Crippen molar-refractivity contribution in [2.45, 2.75) is 62.8 Å². The van der Waals surface area contributed by atoms with Gasteiger partial charge in [-0.2, -0.15) is 0 Å². The predicted octanol–water partition coefficient (Wildman–Crippen LogP) is 2.60. The van der Waals surface area contributed by atoms with Gasteiger partial charge in [-0.3, -0.25) is 0 Å². The molecule has 3 rings (SSSR count). The molecule has 1 nitrogen and oxygen atoms in total. The predicted molar refractivity (Wildman–Crippen MR) is 108 cm³/mol. The molecule has 0 saturated heterocycles. The van der Waals surface area contributed by atoms with Crippen LogP contribution in [0.4, 0.5) is 0 Å². The van der Waals surface area contributed by atoms with E-state index in [0.717, 1.165) is 0 Å². The second kappa shape index (κ2) is 10.0. The molecule has 1 heterocycles. The number of hydrogen-bond acceptors (Lipinski definition) is 0. The summed E-state index contributed by atoms with van der Waals surface area (Å²) in [7, 11) is 0. The fourth-order valence-corrected chi connectivity index (χ4v) is 11.6. The summed E-state index contributed by atoms with van der Waals surface area (Å²) in [6.07, 6.45) is 9.74. The molecule has 0 aromatic heterocycles. The Kier molecular flexibility index (Phi) is 8.35. The number of ether oxygens (including phenoxy) is 1. The van der Waals surface area contributed by atoms with Crippen LogP contribution in [0.1, 0.15) is 51.9 Å². The maximum absolute atomic E-state index is 4.93. The van der Waals surface area contributed by atoms with Crippen LogP contribution in [0.15, 0.2) is 48.5 Å². The first-order chi connectivity index (χ1) is 11.8. The average molecular weight is 513 g/mol. The first kappa shape index (κ1) is 20.8. The molecule has 0 bridgehead atoms. The van der Waals surface area contributed by atoms with Crippen molar-refractivity contribution in [3.05, 3.63) is 48.5 Å². The molecule has 0 amide bonds. The Bertz CT molecular complexity index is 625. The second-order valence-corrected chi connectivity index (χ2v) is 15.1. The van der Waals surface area contributed by atoms with E-state index in [0.29, 0.717) is 0 Å². The van der Waals surface area contributed by atoms with E-state index in [9.17, 15) is 0 Å². The fourth-order valence-electron chi connectivity index (χ4n) is 3.84. The zero-order chi connectivity index (χ0) is 16.8. The van der Waals surface area contributed by atoms with Crippen molar-refractivity contribution in [3.8, 4) is 11.5 Å². The minimum absolute atomic E-state index is 0. The quantitative estimate of drug-likeness (QED) is 0.223. The van der Waals surface area contributed by atoms with E-state index < -0.39 is 13.6 Å². The molecule has 1 aliphatic rings. The smallest absolute Gasteiger partial charge is 1.00 e. The average Bonchev–Trinajstić information content (AvgIpc) is 2.61. The number of hydrogen-bond donors (Lipinski definition) is 0. The van der Waals surface area contributed by atoms with Crippen molar-refractivity contribution in [1.29, 1.82) is 0 Å². The molecule has 1 radical (unpaired) electrons. The number of unbranched alkanes of at least 4 members (excludes halogenated alkanes) is 6. The van der Waals surface area contributed by atoms with Crippen molar-refractivity contribution >= 4 is 22.3 Å². The van der Waals surface area contributed by atoms with Gasteiger partial charge in [0, 0.05) is 0 Å². The van der Waals surface area contributed by atoms with Crippen molar-refractivity contribution < 1.29 is 28.7 Å². The molecule has 3 heteroatoms. The van der Waals surface area contributed by atoms with Crippen LogP contribution in [-0.2, 0) is 0 Å². The SMILES string of the molecule is CCCCCCCCC[As]1(C)c2ccccc2[OH+]c2ccccc21.[I-]. The number of rotatable bonds is 8. The summed E-state index contributed by atoms with van der Waals surface area (Å²) in [5.41, 5.74) is 2.58. The molecule has 0 aliphatic carbocycles. The Hall–Kier alpha value is -0.472. The molecular formula is C22H31AsIO. The summed E-state index contributed by atoms with van der Waals surface area (Å²) in [5.74, 6) is 2.46. The normalized spacial score (nSPS) is 14.0. The standard InChI is InChI=1S/C22H30AsO.HI/c1-3-4-5-6-7-8-13-18-23(2)19-14-9-11-16-21(19)24-22-17-12-10-15-20(22)23;/h9-12,14-17H,3-8,13,18H2,1-2H3;1H. The van der Waals surface area contributed by atoms with Gasteiger partial charge in [0.05, 0.1) is 0 Å². The molecule has 2 aromatic rings. The molecule has 25 heavy (non-hydrogen) atoms. The zero-order valence-electron chi connectivity index (χ0n) is 15.5. The first-order valence-corrected chi connectivity index (χ1v) is 14.6. The van der Waals surface area contributed by atoms with Gasteiger partial charge in [0.15, 0.2) is 0 Å². The number of benzene rings is 2. The number of halogens is 1. The molecule has 1 aliphatic heterocycles. The van der Waals surface area contributed by atoms with E-state index in [1.807, 2.05) is 0 Å². The van der Waals surface area contributed by atoms with Crippen molar-refractivity contribution in [3.63, 3.8) is 0 Å². The number of para-hydroxylation sites is 2. The first-order valence-electron chi connectivity index (χ1n) is 9.52. The van der Waals surface area contributed by atoms with Crippen LogP contribution >= 0.6 is 0 Å². The summed E-state index contributed by atoms with van der Waals surface area (Å²) in [6.45, 7) is 2.29. The van der Waals surface area contributed by atoms with E-state index in [2.05, 4.69) is 61.2 Å². The Morgan fingerprint density at radius 3 is 1.76 bits per heavy atom. The van der Waals surface area contributed by atoms with Gasteiger partial charge < -0.3 is 24.0 Å². The van der Waals surface area contributed by atoms with Gasteiger partial charge in [0.25, 0.3) is 0 Å². The number of fused-ring (bicyclic) bond motifs is 2. The van der Waals surface area contributed by atoms with Crippen LogP contribution in [0.25, 0.3) is 0 Å². The molecule has 0 spiro atoms. The van der Waals surface area contributed by atoms with Crippen LogP contribution in [0.5, 0.6) is 11.5 Å². The third-order valence-electron chi connectivity index (χ3n) is 5.28. The Morgan fingerprint density at radius 2 is 1.20 bits per heavy atom. The maximum Gasteiger partial charge on any atom is -1.00 e. The van der Waals surface area contributed by atoms with Crippen LogP contribution < -0.4 is 32.7 Å². The fraction of sp³-hybridized carbons (Fsp3) is 0.455. The van der Waals surface area contributed by atoms with E-state index in [1.165, 1.54) is 61.7 Å². The Balaban J connectivity index is 0.00000225. The van der Waals surface area contributed by atoms with Crippen LogP contribution in [0.3, 0.4) is 0 Å². The summed E-state index contributed by atoms with van der Waals surface area (Å²) in [5, 5.41) is 1.38. The van der Waals surface area contributed by atoms with Gasteiger partial charge in [-0.15, -0.1) is 0 Å². The van der Waals surface area contributed by atoms with Gasteiger partial charge >= 0.3 is 150 Å². The van der Waals surface area contributed by atoms with Gasteiger partial charge in [-0.05, 0) is 0 Å². The van der Waals surface area contributed by atoms with Crippen molar-refractivity contribution in [2.24, 2.45) is 0 Å². The van der Waals surface area contributed by atoms with E-state index in [-0.39, 0.29) is 24.0 Å². The van der Waals surface area contributed by atoms with Gasteiger partial charge in [0.1, 0.15) is 0 Å². The topological polar surface area (TPSA) is 12.8 Å². The minimum atomic E-state index is -2.06. The number of aromatic hydroxyl groups is 2. The van der Waals surface area contributed by atoms with Gasteiger partial charge in [-0.1, -0.05) is 0 Å². The molecule has 137 valence electrons. The third-order valence-corrected chi connectivity index (χ3v) is 13.9. The second-order valence-electron chi connectivity index (χ2n) is 7.13. The van der Waals surface area contributed by atoms with Crippen LogP contribution in [0.2, 0.25) is 10.9 Å². The van der Waals surface area contributed by atoms with E-state index in [1.54, 1.807) is 8.70 Å². The molecule has 0 unspecified atom stereocenters. The molecule has 0 saturated carbocycles. The molecule has 0 fully saturated rings. The van der Waals surface area contributed by atoms with Gasteiger partial charge in [0.2, 0.25) is 0 Å². The summed E-state index contributed by atoms with van der Waals surface area (Å²) < 4.78 is 8.06. The van der Waals surface area contributed by atoms with Crippen molar-refractivity contribution in [2.75, 3.05) is 0 Å². The molecule has 2 aromatic carbocycles. The maximum atomic E-state index is 4.93. The largest absolute Gasteiger partial charge is 1.00 e.